The molecule has 0 fully saturated rings. The van der Waals surface area contributed by atoms with Crippen molar-refractivity contribution in [3.63, 3.8) is 0 Å². The molecular weight excluding hydrogens is 434 g/mol. The number of aryl methyl sites for hydroxylation is 1. The second-order valence-corrected chi connectivity index (χ2v) is 8.89. The van der Waals surface area contributed by atoms with Crippen LogP contribution in [0.25, 0.3) is 0 Å². The highest BCUT2D eigenvalue weighted by molar-refractivity contribution is 5.91. The Labute approximate surface area is 201 Å². The molecule has 34 heavy (non-hydrogen) atoms. The van der Waals surface area contributed by atoms with Crippen molar-refractivity contribution in [1.82, 2.24) is 10.6 Å². The van der Waals surface area contributed by atoms with Gasteiger partial charge in [-0.05, 0) is 62.6 Å². The summed E-state index contributed by atoms with van der Waals surface area (Å²) in [5.41, 5.74) is 2.10. The van der Waals surface area contributed by atoms with Gasteiger partial charge in [0.05, 0.1) is 0 Å². The molecule has 0 aliphatic carbocycles. The van der Waals surface area contributed by atoms with Crippen LogP contribution in [0.15, 0.2) is 48.5 Å². The van der Waals surface area contributed by atoms with E-state index in [0.717, 1.165) is 18.4 Å². The summed E-state index contributed by atoms with van der Waals surface area (Å²) in [4.78, 5) is 35.9. The number of nitrogens with one attached hydrogen (secondary N) is 3. The van der Waals surface area contributed by atoms with Gasteiger partial charge in [0.1, 0.15) is 11.4 Å². The fraction of sp³-hybridized carbons (Fsp3) is 0.423. The molecule has 8 heteroatoms. The van der Waals surface area contributed by atoms with E-state index in [1.165, 1.54) is 5.56 Å². The molecule has 0 heterocycles. The third kappa shape index (κ3) is 10.8. The Balaban J connectivity index is 1.71. The molecular formula is C26H35N3O5. The van der Waals surface area contributed by atoms with Gasteiger partial charge in [0.15, 0.2) is 6.61 Å². The van der Waals surface area contributed by atoms with Gasteiger partial charge in [-0.15, -0.1) is 0 Å². The van der Waals surface area contributed by atoms with Gasteiger partial charge in [-0.2, -0.15) is 0 Å². The van der Waals surface area contributed by atoms with Crippen molar-refractivity contribution in [2.45, 2.75) is 59.1 Å². The minimum atomic E-state index is -0.589. The zero-order chi connectivity index (χ0) is 25.0. The summed E-state index contributed by atoms with van der Waals surface area (Å²) in [5, 5.41) is 8.14. The van der Waals surface area contributed by atoms with Gasteiger partial charge in [-0.25, -0.2) is 4.79 Å². The molecule has 0 atom stereocenters. The largest absolute Gasteiger partial charge is 0.484 e. The van der Waals surface area contributed by atoms with Crippen LogP contribution < -0.4 is 20.7 Å². The van der Waals surface area contributed by atoms with Crippen molar-refractivity contribution < 1.29 is 23.9 Å². The first-order chi connectivity index (χ1) is 16.1. The molecule has 3 amide bonds. The number of carbonyl (C=O) groups is 3. The Kier molecular flexibility index (Phi) is 10.4. The van der Waals surface area contributed by atoms with Crippen molar-refractivity contribution in [3.05, 3.63) is 59.7 Å². The number of rotatable bonds is 11. The fourth-order valence-electron chi connectivity index (χ4n) is 3.02. The van der Waals surface area contributed by atoms with Crippen LogP contribution in [0, 0.1) is 0 Å². The molecule has 0 spiro atoms. The van der Waals surface area contributed by atoms with E-state index in [0.29, 0.717) is 18.0 Å². The highest BCUT2D eigenvalue weighted by Crippen LogP contribution is 2.14. The summed E-state index contributed by atoms with van der Waals surface area (Å²) >= 11 is 0. The molecule has 0 aliphatic heterocycles. The zero-order valence-electron chi connectivity index (χ0n) is 20.4. The molecule has 0 saturated heterocycles. The quantitative estimate of drug-likeness (QED) is 0.458. The average molecular weight is 470 g/mol. The minimum absolute atomic E-state index is 0.0752. The van der Waals surface area contributed by atoms with Crippen molar-refractivity contribution in [1.29, 1.82) is 0 Å². The Hall–Kier alpha value is -3.55. The molecule has 0 aromatic heterocycles. The number of alkyl carbamates (subject to hydrolysis) is 1. The summed E-state index contributed by atoms with van der Waals surface area (Å²) in [7, 11) is 0. The van der Waals surface area contributed by atoms with E-state index < -0.39 is 11.7 Å². The van der Waals surface area contributed by atoms with E-state index in [1.54, 1.807) is 39.0 Å². The second-order valence-electron chi connectivity index (χ2n) is 8.89. The lowest BCUT2D eigenvalue weighted by molar-refractivity contribution is -0.123. The topological polar surface area (TPSA) is 106 Å². The first-order valence-corrected chi connectivity index (χ1v) is 11.5. The van der Waals surface area contributed by atoms with Crippen molar-refractivity contribution in [2.75, 3.05) is 18.5 Å². The maximum Gasteiger partial charge on any atom is 0.407 e. The molecule has 2 rings (SSSR count). The monoisotopic (exact) mass is 469 g/mol. The van der Waals surface area contributed by atoms with Crippen molar-refractivity contribution in [2.24, 2.45) is 0 Å². The SMILES string of the molecule is CCCc1ccc(OCC(=O)NCc2cccc(NC(=O)CCNC(=O)OC(C)(C)C)c2)cc1. The van der Waals surface area contributed by atoms with Gasteiger partial charge >= 0.3 is 6.09 Å². The molecule has 0 bridgehead atoms. The number of carbonyl (C=O) groups excluding carboxylic acids is 3. The van der Waals surface area contributed by atoms with Gasteiger partial charge in [0.2, 0.25) is 5.91 Å². The summed E-state index contributed by atoms with van der Waals surface area (Å²) in [6, 6.07) is 14.9. The summed E-state index contributed by atoms with van der Waals surface area (Å²) in [6.45, 7) is 7.84. The molecule has 2 aromatic rings. The van der Waals surface area contributed by atoms with E-state index in [2.05, 4.69) is 22.9 Å². The highest BCUT2D eigenvalue weighted by Gasteiger charge is 2.16. The fourth-order valence-corrected chi connectivity index (χ4v) is 3.02. The van der Waals surface area contributed by atoms with Crippen molar-refractivity contribution in [3.8, 4) is 5.75 Å². The second kappa shape index (κ2) is 13.2. The predicted molar refractivity (Wildman–Crippen MR) is 132 cm³/mol. The number of anilines is 1. The molecule has 0 radical (unpaired) electrons. The number of hydrogen-bond donors (Lipinski definition) is 3. The maximum atomic E-state index is 12.1. The van der Waals surface area contributed by atoms with E-state index in [4.69, 9.17) is 9.47 Å². The summed E-state index contributed by atoms with van der Waals surface area (Å²) in [5.74, 6) is 0.178. The Morgan fingerprint density at radius 3 is 2.32 bits per heavy atom. The van der Waals surface area contributed by atoms with Crippen LogP contribution in [-0.4, -0.2) is 36.7 Å². The predicted octanol–water partition coefficient (Wildman–Crippen LogP) is 4.19. The smallest absolute Gasteiger partial charge is 0.407 e. The molecule has 0 aliphatic rings. The standard InChI is InChI=1S/C26H35N3O5/c1-5-7-19-10-12-22(13-11-19)33-18-24(31)28-17-20-8-6-9-21(16-20)29-23(30)14-15-27-25(32)34-26(2,3)4/h6,8-13,16H,5,7,14-15,17-18H2,1-4H3,(H,27,32)(H,28,31)(H,29,30). The molecule has 0 unspecified atom stereocenters. The van der Waals surface area contributed by atoms with Gasteiger partial charge in [0, 0.05) is 25.2 Å². The molecule has 0 saturated carbocycles. The van der Waals surface area contributed by atoms with Gasteiger partial charge in [-0.1, -0.05) is 37.6 Å². The van der Waals surface area contributed by atoms with Crippen LogP contribution in [0.3, 0.4) is 0 Å². The summed E-state index contributed by atoms with van der Waals surface area (Å²) in [6.07, 6.45) is 1.65. The third-order valence-electron chi connectivity index (χ3n) is 4.55. The Morgan fingerprint density at radius 2 is 1.65 bits per heavy atom. The first kappa shape index (κ1) is 26.7. The Bertz CT molecular complexity index is 952. The lowest BCUT2D eigenvalue weighted by Gasteiger charge is -2.19. The van der Waals surface area contributed by atoms with Crippen LogP contribution in [0.1, 0.15) is 51.7 Å². The van der Waals surface area contributed by atoms with Crippen molar-refractivity contribution >= 4 is 23.6 Å². The van der Waals surface area contributed by atoms with Crippen LogP contribution in [0.2, 0.25) is 0 Å². The zero-order valence-corrected chi connectivity index (χ0v) is 20.4. The van der Waals surface area contributed by atoms with E-state index in [9.17, 15) is 14.4 Å². The van der Waals surface area contributed by atoms with Crippen LogP contribution >= 0.6 is 0 Å². The number of hydrogen-bond acceptors (Lipinski definition) is 5. The minimum Gasteiger partial charge on any atom is -0.484 e. The molecule has 2 aromatic carbocycles. The highest BCUT2D eigenvalue weighted by atomic mass is 16.6. The number of benzene rings is 2. The van der Waals surface area contributed by atoms with Gasteiger partial charge < -0.3 is 25.4 Å². The van der Waals surface area contributed by atoms with Crippen LogP contribution in [0.5, 0.6) is 5.75 Å². The third-order valence-corrected chi connectivity index (χ3v) is 4.55. The summed E-state index contributed by atoms with van der Waals surface area (Å²) < 4.78 is 10.7. The number of ether oxygens (including phenoxy) is 2. The Morgan fingerprint density at radius 1 is 0.912 bits per heavy atom. The van der Waals surface area contributed by atoms with Gasteiger partial charge in [0.25, 0.3) is 5.91 Å². The van der Waals surface area contributed by atoms with E-state index in [1.807, 2.05) is 30.3 Å². The number of amides is 3. The van der Waals surface area contributed by atoms with E-state index in [-0.39, 0.29) is 31.4 Å². The normalized spacial score (nSPS) is 10.8. The first-order valence-electron chi connectivity index (χ1n) is 11.5. The van der Waals surface area contributed by atoms with E-state index >= 15 is 0 Å². The molecule has 3 N–H and O–H groups in total. The average Bonchev–Trinajstić information content (AvgIpc) is 2.76. The lowest BCUT2D eigenvalue weighted by Crippen LogP contribution is -2.34. The lowest BCUT2D eigenvalue weighted by atomic mass is 10.1. The maximum absolute atomic E-state index is 12.1. The van der Waals surface area contributed by atoms with Gasteiger partial charge in [-0.3, -0.25) is 9.59 Å². The molecule has 8 nitrogen and oxygen atoms in total. The molecule has 184 valence electrons. The van der Waals surface area contributed by atoms with Crippen LogP contribution in [-0.2, 0) is 27.3 Å². The van der Waals surface area contributed by atoms with Crippen LogP contribution in [0.4, 0.5) is 10.5 Å².